The molecule has 1 fully saturated rings. The first-order valence-electron chi connectivity index (χ1n) is 6.30. The molecular formula is C14H20FNO2. The molecule has 2 rings (SSSR count). The third kappa shape index (κ3) is 2.65. The van der Waals surface area contributed by atoms with Crippen molar-refractivity contribution in [3.8, 4) is 5.75 Å². The average Bonchev–Trinajstić information content (AvgIpc) is 3.18. The zero-order valence-corrected chi connectivity index (χ0v) is 10.9. The highest BCUT2D eigenvalue weighted by molar-refractivity contribution is 5.32. The Morgan fingerprint density at radius 1 is 1.50 bits per heavy atom. The molecule has 100 valence electrons. The highest BCUT2D eigenvalue weighted by Gasteiger charge is 2.44. The van der Waals surface area contributed by atoms with E-state index in [4.69, 9.17) is 4.74 Å². The van der Waals surface area contributed by atoms with E-state index in [9.17, 15) is 9.50 Å². The minimum absolute atomic E-state index is 0.0500. The summed E-state index contributed by atoms with van der Waals surface area (Å²) in [5, 5.41) is 12.8. The number of aryl methyl sites for hydroxylation is 1. The third-order valence-corrected chi connectivity index (χ3v) is 3.76. The monoisotopic (exact) mass is 253 g/mol. The van der Waals surface area contributed by atoms with Gasteiger partial charge >= 0.3 is 0 Å². The maximum Gasteiger partial charge on any atom is 0.123 e. The van der Waals surface area contributed by atoms with Gasteiger partial charge in [-0.2, -0.15) is 0 Å². The van der Waals surface area contributed by atoms with E-state index in [1.165, 1.54) is 12.1 Å². The van der Waals surface area contributed by atoms with E-state index in [0.717, 1.165) is 18.4 Å². The number of benzene rings is 1. The lowest BCUT2D eigenvalue weighted by Gasteiger charge is -2.31. The highest BCUT2D eigenvalue weighted by atomic mass is 19.1. The Hall–Kier alpha value is -1.13. The molecule has 0 saturated heterocycles. The molecule has 1 aliphatic rings. The number of halogens is 1. The van der Waals surface area contributed by atoms with E-state index in [-0.39, 0.29) is 18.0 Å². The van der Waals surface area contributed by atoms with Crippen molar-refractivity contribution in [2.45, 2.75) is 25.3 Å². The van der Waals surface area contributed by atoms with Crippen molar-refractivity contribution in [3.05, 3.63) is 29.6 Å². The summed E-state index contributed by atoms with van der Waals surface area (Å²) in [5.74, 6) is 0.877. The minimum atomic E-state index is -0.374. The van der Waals surface area contributed by atoms with Gasteiger partial charge in [0.25, 0.3) is 0 Å². The van der Waals surface area contributed by atoms with Crippen molar-refractivity contribution in [2.75, 3.05) is 20.3 Å². The first kappa shape index (κ1) is 13.3. The van der Waals surface area contributed by atoms with Crippen LogP contribution in [0.4, 0.5) is 4.39 Å². The van der Waals surface area contributed by atoms with Gasteiger partial charge in [-0.25, -0.2) is 4.39 Å². The van der Waals surface area contributed by atoms with E-state index in [1.54, 1.807) is 6.07 Å². The lowest BCUT2D eigenvalue weighted by Crippen LogP contribution is -2.53. The molecule has 3 nitrogen and oxygen atoms in total. The van der Waals surface area contributed by atoms with Gasteiger partial charge in [0.15, 0.2) is 0 Å². The Balaban J connectivity index is 2.05. The molecule has 0 heterocycles. The van der Waals surface area contributed by atoms with Crippen LogP contribution in [0.25, 0.3) is 0 Å². The second kappa shape index (κ2) is 5.24. The summed E-state index contributed by atoms with van der Waals surface area (Å²) in [7, 11) is 1.84. The second-order valence-electron chi connectivity index (χ2n) is 5.04. The largest absolute Gasteiger partial charge is 0.491 e. The number of nitrogens with one attached hydrogen (secondary N) is 1. The molecule has 4 heteroatoms. The predicted molar refractivity (Wildman–Crippen MR) is 68.2 cm³/mol. The van der Waals surface area contributed by atoms with Crippen LogP contribution in [0.1, 0.15) is 18.4 Å². The lowest BCUT2D eigenvalue weighted by molar-refractivity contribution is 0.0911. The molecule has 0 bridgehead atoms. The van der Waals surface area contributed by atoms with Gasteiger partial charge in [-0.15, -0.1) is 0 Å². The fourth-order valence-corrected chi connectivity index (χ4v) is 2.27. The smallest absolute Gasteiger partial charge is 0.123 e. The Morgan fingerprint density at radius 3 is 2.72 bits per heavy atom. The number of aliphatic hydroxyl groups excluding tert-OH is 1. The van der Waals surface area contributed by atoms with Crippen molar-refractivity contribution in [1.82, 2.24) is 5.32 Å². The maximum atomic E-state index is 13.0. The van der Waals surface area contributed by atoms with E-state index in [2.05, 4.69) is 5.32 Å². The molecule has 1 aromatic carbocycles. The topological polar surface area (TPSA) is 41.5 Å². The normalized spacial score (nSPS) is 18.4. The van der Waals surface area contributed by atoms with Crippen LogP contribution in [0, 0.1) is 18.7 Å². The van der Waals surface area contributed by atoms with E-state index in [0.29, 0.717) is 18.3 Å². The minimum Gasteiger partial charge on any atom is -0.491 e. The van der Waals surface area contributed by atoms with Gasteiger partial charge in [-0.05, 0) is 56.5 Å². The molecule has 2 N–H and O–H groups in total. The Kier molecular flexibility index (Phi) is 3.88. The van der Waals surface area contributed by atoms with Crippen molar-refractivity contribution in [3.63, 3.8) is 0 Å². The summed E-state index contributed by atoms with van der Waals surface area (Å²) < 4.78 is 18.7. The zero-order chi connectivity index (χ0) is 13.2. The number of ether oxygens (including phenoxy) is 1. The summed E-state index contributed by atoms with van der Waals surface area (Å²) in [6, 6.07) is 4.47. The van der Waals surface area contributed by atoms with Gasteiger partial charge in [0, 0.05) is 0 Å². The Labute approximate surface area is 107 Å². The summed E-state index contributed by atoms with van der Waals surface area (Å²) >= 11 is 0. The molecule has 18 heavy (non-hydrogen) atoms. The molecule has 1 aliphatic carbocycles. The molecular weight excluding hydrogens is 233 g/mol. The number of aliphatic hydroxyl groups is 1. The molecule has 0 aliphatic heterocycles. The standard InChI is InChI=1S/C14H20FNO2/c1-10-7-12(15)5-6-13(10)18-9-14(8-17,16-2)11-3-4-11/h5-7,11,16-17H,3-4,8-9H2,1-2H3. The molecule has 0 spiro atoms. The summed E-state index contributed by atoms with van der Waals surface area (Å²) in [6.45, 7) is 2.26. The SMILES string of the molecule is CNC(CO)(COc1ccc(F)cc1C)C1CC1. The summed E-state index contributed by atoms with van der Waals surface area (Å²) in [6.07, 6.45) is 2.24. The fourth-order valence-electron chi connectivity index (χ4n) is 2.27. The number of rotatable bonds is 6. The Morgan fingerprint density at radius 2 is 2.22 bits per heavy atom. The zero-order valence-electron chi connectivity index (χ0n) is 10.9. The molecule has 1 atom stereocenters. The molecule has 1 aromatic rings. The van der Waals surface area contributed by atoms with E-state index < -0.39 is 0 Å². The lowest BCUT2D eigenvalue weighted by atomic mass is 9.95. The van der Waals surface area contributed by atoms with Crippen molar-refractivity contribution in [1.29, 1.82) is 0 Å². The van der Waals surface area contributed by atoms with Crippen LogP contribution in [0.3, 0.4) is 0 Å². The van der Waals surface area contributed by atoms with Crippen LogP contribution in [-0.4, -0.2) is 30.9 Å². The summed E-state index contributed by atoms with van der Waals surface area (Å²) in [4.78, 5) is 0. The van der Waals surface area contributed by atoms with E-state index >= 15 is 0 Å². The molecule has 1 saturated carbocycles. The Bertz CT molecular complexity index is 414. The maximum absolute atomic E-state index is 13.0. The predicted octanol–water partition coefficient (Wildman–Crippen LogP) is 1.87. The molecule has 0 radical (unpaired) electrons. The number of hydrogen-bond acceptors (Lipinski definition) is 3. The average molecular weight is 253 g/mol. The van der Waals surface area contributed by atoms with Crippen LogP contribution in [0.5, 0.6) is 5.75 Å². The van der Waals surface area contributed by atoms with Gasteiger partial charge < -0.3 is 15.2 Å². The van der Waals surface area contributed by atoms with E-state index in [1.807, 2.05) is 14.0 Å². The first-order chi connectivity index (χ1) is 8.61. The van der Waals surface area contributed by atoms with Gasteiger partial charge in [-0.1, -0.05) is 0 Å². The number of hydrogen-bond donors (Lipinski definition) is 2. The van der Waals surface area contributed by atoms with Gasteiger partial charge in [-0.3, -0.25) is 0 Å². The second-order valence-corrected chi connectivity index (χ2v) is 5.04. The van der Waals surface area contributed by atoms with Crippen LogP contribution in [0.2, 0.25) is 0 Å². The summed E-state index contributed by atoms with van der Waals surface area (Å²) in [5.41, 5.74) is 0.398. The van der Waals surface area contributed by atoms with Gasteiger partial charge in [0.2, 0.25) is 0 Å². The molecule has 0 aromatic heterocycles. The number of likely N-dealkylation sites (N-methyl/N-ethyl adjacent to an activating group) is 1. The van der Waals surface area contributed by atoms with Crippen molar-refractivity contribution in [2.24, 2.45) is 5.92 Å². The van der Waals surface area contributed by atoms with Crippen molar-refractivity contribution < 1.29 is 14.2 Å². The molecule has 0 amide bonds. The molecule has 1 unspecified atom stereocenters. The van der Waals surface area contributed by atoms with Crippen LogP contribution >= 0.6 is 0 Å². The van der Waals surface area contributed by atoms with Gasteiger partial charge in [0.05, 0.1) is 12.1 Å². The van der Waals surface area contributed by atoms with Crippen LogP contribution < -0.4 is 10.1 Å². The fraction of sp³-hybridized carbons (Fsp3) is 0.571. The van der Waals surface area contributed by atoms with Crippen LogP contribution in [-0.2, 0) is 0 Å². The highest BCUT2D eigenvalue weighted by Crippen LogP contribution is 2.39. The van der Waals surface area contributed by atoms with Crippen molar-refractivity contribution >= 4 is 0 Å². The van der Waals surface area contributed by atoms with Crippen LogP contribution in [0.15, 0.2) is 18.2 Å². The first-order valence-corrected chi connectivity index (χ1v) is 6.30. The third-order valence-electron chi connectivity index (χ3n) is 3.76. The van der Waals surface area contributed by atoms with Gasteiger partial charge in [0.1, 0.15) is 18.2 Å². The quantitative estimate of drug-likeness (QED) is 0.813.